The highest BCUT2D eigenvalue weighted by atomic mass is 32.2. The highest BCUT2D eigenvalue weighted by Gasteiger charge is 2.26. The zero-order chi connectivity index (χ0) is 11.7. The fraction of sp³-hybridized carbons (Fsp3) is 0.273. The number of hydrogen-bond acceptors (Lipinski definition) is 5. The highest BCUT2D eigenvalue weighted by Crippen LogP contribution is 2.36. The molecule has 16 heavy (non-hydrogen) atoms. The second-order valence-corrected chi connectivity index (χ2v) is 4.50. The Morgan fingerprint density at radius 2 is 2.25 bits per heavy atom. The van der Waals surface area contributed by atoms with E-state index in [0.29, 0.717) is 11.3 Å². The number of nitrogens with one attached hydrogen (secondary N) is 1. The van der Waals surface area contributed by atoms with Gasteiger partial charge in [-0.25, -0.2) is 4.79 Å². The van der Waals surface area contributed by atoms with Crippen LogP contribution >= 0.6 is 11.8 Å². The second kappa shape index (κ2) is 4.17. The number of methoxy groups -OCH3 is 1. The van der Waals surface area contributed by atoms with Crippen LogP contribution in [0, 0.1) is 0 Å². The van der Waals surface area contributed by atoms with Crippen LogP contribution in [0.15, 0.2) is 23.1 Å². The molecule has 0 bridgehead atoms. The van der Waals surface area contributed by atoms with Crippen LogP contribution in [0.3, 0.4) is 0 Å². The largest absolute Gasteiger partial charge is 0.465 e. The van der Waals surface area contributed by atoms with E-state index in [0.717, 1.165) is 16.7 Å². The second-order valence-electron chi connectivity index (χ2n) is 3.46. The molecule has 4 nitrogen and oxygen atoms in total. The molecule has 2 rings (SSSR count). The topological polar surface area (TPSA) is 55.4 Å². The predicted octanol–water partition coefficient (Wildman–Crippen LogP) is 1.91. The van der Waals surface area contributed by atoms with Crippen molar-refractivity contribution in [3.05, 3.63) is 23.8 Å². The maximum absolute atomic E-state index is 11.5. The molecular formula is C11H11NO3S. The third-order valence-electron chi connectivity index (χ3n) is 2.36. The lowest BCUT2D eigenvalue weighted by Gasteiger charge is -2.23. The summed E-state index contributed by atoms with van der Waals surface area (Å²) in [6.45, 7) is 1.77. The van der Waals surface area contributed by atoms with Gasteiger partial charge in [-0.1, -0.05) is 6.07 Å². The average molecular weight is 237 g/mol. The minimum atomic E-state index is -0.397. The summed E-state index contributed by atoms with van der Waals surface area (Å²) in [7, 11) is 1.34. The van der Waals surface area contributed by atoms with Gasteiger partial charge in [0.05, 0.1) is 24.4 Å². The SMILES string of the molecule is COC(=O)c1cccc2c1NC(C)C(=O)S2. The van der Waals surface area contributed by atoms with E-state index in [4.69, 9.17) is 4.74 Å². The summed E-state index contributed by atoms with van der Waals surface area (Å²) in [6, 6.07) is 4.94. The molecule has 0 fully saturated rings. The molecule has 1 aliphatic heterocycles. The average Bonchev–Trinajstić information content (AvgIpc) is 2.29. The Labute approximate surface area is 97.4 Å². The lowest BCUT2D eigenvalue weighted by atomic mass is 10.1. The molecule has 1 aromatic rings. The van der Waals surface area contributed by atoms with Crippen molar-refractivity contribution in [2.75, 3.05) is 12.4 Å². The van der Waals surface area contributed by atoms with E-state index >= 15 is 0 Å². The molecule has 0 saturated heterocycles. The molecule has 1 unspecified atom stereocenters. The number of ether oxygens (including phenoxy) is 1. The molecule has 0 aliphatic carbocycles. The van der Waals surface area contributed by atoms with Crippen LogP contribution in [-0.4, -0.2) is 24.2 Å². The van der Waals surface area contributed by atoms with Gasteiger partial charge < -0.3 is 10.1 Å². The van der Waals surface area contributed by atoms with E-state index in [1.54, 1.807) is 19.1 Å². The monoisotopic (exact) mass is 237 g/mol. The van der Waals surface area contributed by atoms with Gasteiger partial charge in [0.25, 0.3) is 0 Å². The Hall–Kier alpha value is -1.49. The van der Waals surface area contributed by atoms with Crippen LogP contribution in [0.25, 0.3) is 0 Å². The molecule has 0 radical (unpaired) electrons. The third kappa shape index (κ3) is 1.78. The number of carbonyl (C=O) groups excluding carboxylic acids is 2. The van der Waals surface area contributed by atoms with Gasteiger partial charge in [0.1, 0.15) is 0 Å². The van der Waals surface area contributed by atoms with E-state index in [2.05, 4.69) is 5.32 Å². The van der Waals surface area contributed by atoms with Gasteiger partial charge >= 0.3 is 5.97 Å². The molecular weight excluding hydrogens is 226 g/mol. The standard InChI is InChI=1S/C11H11NO3S/c1-6-11(14)16-8-5-3-4-7(9(8)12-6)10(13)15-2/h3-6,12H,1-2H3. The molecule has 1 aromatic carbocycles. The van der Waals surface area contributed by atoms with Crippen LogP contribution < -0.4 is 5.32 Å². The lowest BCUT2D eigenvalue weighted by Crippen LogP contribution is -2.28. The molecule has 1 aliphatic rings. The predicted molar refractivity (Wildman–Crippen MR) is 61.7 cm³/mol. The van der Waals surface area contributed by atoms with Gasteiger partial charge in [0.15, 0.2) is 0 Å². The molecule has 84 valence electrons. The van der Waals surface area contributed by atoms with E-state index in [1.807, 2.05) is 6.07 Å². The van der Waals surface area contributed by atoms with Gasteiger partial charge in [-0.3, -0.25) is 4.79 Å². The summed E-state index contributed by atoms with van der Waals surface area (Å²) in [4.78, 5) is 23.8. The minimum absolute atomic E-state index is 0.0505. The van der Waals surface area contributed by atoms with Crippen LogP contribution in [0.4, 0.5) is 5.69 Å². The number of hydrogen-bond donors (Lipinski definition) is 1. The van der Waals surface area contributed by atoms with Crippen molar-refractivity contribution in [2.24, 2.45) is 0 Å². The maximum atomic E-state index is 11.5. The van der Waals surface area contributed by atoms with Gasteiger partial charge in [0.2, 0.25) is 5.12 Å². The quantitative estimate of drug-likeness (QED) is 0.756. The Morgan fingerprint density at radius 1 is 1.50 bits per heavy atom. The van der Waals surface area contributed by atoms with Crippen LogP contribution in [0.1, 0.15) is 17.3 Å². The fourth-order valence-corrected chi connectivity index (χ4v) is 2.39. The molecule has 5 heteroatoms. The van der Waals surface area contributed by atoms with Crippen molar-refractivity contribution >= 4 is 28.5 Å². The molecule has 0 spiro atoms. The van der Waals surface area contributed by atoms with Gasteiger partial charge in [-0.2, -0.15) is 0 Å². The van der Waals surface area contributed by atoms with Crippen molar-refractivity contribution < 1.29 is 14.3 Å². The van der Waals surface area contributed by atoms with E-state index in [-0.39, 0.29) is 11.2 Å². The van der Waals surface area contributed by atoms with Crippen LogP contribution in [-0.2, 0) is 9.53 Å². The number of carbonyl (C=O) groups is 2. The number of benzene rings is 1. The van der Waals surface area contributed by atoms with Crippen molar-refractivity contribution in [1.82, 2.24) is 0 Å². The molecule has 1 heterocycles. The van der Waals surface area contributed by atoms with Crippen LogP contribution in [0.5, 0.6) is 0 Å². The number of anilines is 1. The molecule has 1 atom stereocenters. The molecule has 0 amide bonds. The summed E-state index contributed by atoms with van der Waals surface area (Å²) < 4.78 is 4.69. The first-order chi connectivity index (χ1) is 7.63. The number of thioether (sulfide) groups is 1. The van der Waals surface area contributed by atoms with E-state index in [9.17, 15) is 9.59 Å². The molecule has 0 aromatic heterocycles. The first-order valence-electron chi connectivity index (χ1n) is 4.83. The summed E-state index contributed by atoms with van der Waals surface area (Å²) in [5, 5.41) is 3.07. The van der Waals surface area contributed by atoms with Crippen molar-refractivity contribution in [3.63, 3.8) is 0 Å². The van der Waals surface area contributed by atoms with Gasteiger partial charge in [-0.15, -0.1) is 0 Å². The number of rotatable bonds is 1. The van der Waals surface area contributed by atoms with E-state index in [1.165, 1.54) is 7.11 Å². The smallest absolute Gasteiger partial charge is 0.340 e. The zero-order valence-electron chi connectivity index (χ0n) is 8.94. The molecule has 0 saturated carbocycles. The maximum Gasteiger partial charge on any atom is 0.340 e. The Balaban J connectivity index is 2.48. The third-order valence-corrected chi connectivity index (χ3v) is 3.47. The summed E-state index contributed by atoms with van der Waals surface area (Å²) in [5.41, 5.74) is 1.15. The summed E-state index contributed by atoms with van der Waals surface area (Å²) >= 11 is 1.15. The first-order valence-corrected chi connectivity index (χ1v) is 5.64. The Kier molecular flexibility index (Phi) is 2.87. The van der Waals surface area contributed by atoms with Gasteiger partial charge in [0, 0.05) is 4.90 Å². The first kappa shape index (κ1) is 11.0. The van der Waals surface area contributed by atoms with Crippen molar-refractivity contribution in [1.29, 1.82) is 0 Å². The van der Waals surface area contributed by atoms with Crippen LogP contribution in [0.2, 0.25) is 0 Å². The number of fused-ring (bicyclic) bond motifs is 1. The normalized spacial score (nSPS) is 18.6. The summed E-state index contributed by atoms with van der Waals surface area (Å²) in [5.74, 6) is -0.397. The summed E-state index contributed by atoms with van der Waals surface area (Å²) in [6.07, 6.45) is 0. The lowest BCUT2D eigenvalue weighted by molar-refractivity contribution is -0.111. The number of esters is 1. The number of para-hydroxylation sites is 1. The zero-order valence-corrected chi connectivity index (χ0v) is 9.76. The van der Waals surface area contributed by atoms with E-state index < -0.39 is 5.97 Å². The molecule has 1 N–H and O–H groups in total. The van der Waals surface area contributed by atoms with Crippen molar-refractivity contribution in [2.45, 2.75) is 17.9 Å². The van der Waals surface area contributed by atoms with Gasteiger partial charge in [-0.05, 0) is 30.8 Å². The fourth-order valence-electron chi connectivity index (χ4n) is 1.52. The van der Waals surface area contributed by atoms with Crippen molar-refractivity contribution in [3.8, 4) is 0 Å². The Morgan fingerprint density at radius 3 is 2.94 bits per heavy atom. The minimum Gasteiger partial charge on any atom is -0.465 e. The highest BCUT2D eigenvalue weighted by molar-refractivity contribution is 8.14. The Bertz CT molecular complexity index is 459.